The number of rotatable bonds is 6. The number of benzene rings is 1. The topological polar surface area (TPSA) is 54.5 Å². The minimum atomic E-state index is -0.0701. The molecular weight excluding hydrogens is 314 g/mol. The zero-order valence-corrected chi connectivity index (χ0v) is 14.6. The predicted octanol–water partition coefficient (Wildman–Crippen LogP) is 3.05. The van der Waals surface area contributed by atoms with Crippen molar-refractivity contribution in [1.29, 1.82) is 0 Å². The van der Waals surface area contributed by atoms with Gasteiger partial charge in [0.05, 0.1) is 13.2 Å². The lowest BCUT2D eigenvalue weighted by Crippen LogP contribution is -2.40. The fourth-order valence-electron chi connectivity index (χ4n) is 3.40. The van der Waals surface area contributed by atoms with Crippen molar-refractivity contribution < 1.29 is 9.53 Å². The van der Waals surface area contributed by atoms with Crippen molar-refractivity contribution in [2.24, 2.45) is 0 Å². The maximum Gasteiger partial charge on any atom is 0.251 e. The highest BCUT2D eigenvalue weighted by molar-refractivity contribution is 5.93. The molecule has 2 aromatic rings. The summed E-state index contributed by atoms with van der Waals surface area (Å²) in [6, 6.07) is 11.7. The fourth-order valence-corrected chi connectivity index (χ4v) is 3.40. The summed E-state index contributed by atoms with van der Waals surface area (Å²) in [6.45, 7) is 2.66. The molecule has 3 rings (SSSR count). The summed E-state index contributed by atoms with van der Waals surface area (Å²) in [5, 5.41) is 3.08. The van der Waals surface area contributed by atoms with Crippen LogP contribution in [0.15, 0.2) is 48.8 Å². The zero-order chi connectivity index (χ0) is 17.5. The number of para-hydroxylation sites is 1. The van der Waals surface area contributed by atoms with Gasteiger partial charge in [-0.25, -0.2) is 0 Å². The van der Waals surface area contributed by atoms with E-state index in [0.717, 1.165) is 24.4 Å². The number of piperidine rings is 1. The third-order valence-corrected chi connectivity index (χ3v) is 4.73. The number of nitrogens with one attached hydrogen (secondary N) is 1. The number of pyridine rings is 1. The smallest absolute Gasteiger partial charge is 0.251 e. The molecule has 2 heterocycles. The summed E-state index contributed by atoms with van der Waals surface area (Å²) in [4.78, 5) is 18.8. The van der Waals surface area contributed by atoms with Crippen molar-refractivity contribution in [3.63, 3.8) is 0 Å². The van der Waals surface area contributed by atoms with E-state index in [4.69, 9.17) is 4.74 Å². The van der Waals surface area contributed by atoms with E-state index < -0.39 is 0 Å². The lowest BCUT2D eigenvalue weighted by Gasteiger charge is -2.35. The standard InChI is InChI=1S/C20H25N3O2/c1-25-19-8-4-3-7-17(19)18(23-13-5-2-6-14-23)15-22-20(24)16-9-11-21-12-10-16/h3-4,7-12,18H,2,5-6,13-15H2,1H3,(H,22,24). The highest BCUT2D eigenvalue weighted by Crippen LogP contribution is 2.30. The van der Waals surface area contributed by atoms with Gasteiger partial charge >= 0.3 is 0 Å². The van der Waals surface area contributed by atoms with Crippen molar-refractivity contribution in [2.45, 2.75) is 25.3 Å². The van der Waals surface area contributed by atoms with Gasteiger partial charge in [-0.3, -0.25) is 14.7 Å². The lowest BCUT2D eigenvalue weighted by atomic mass is 10.0. The Morgan fingerprint density at radius 3 is 2.60 bits per heavy atom. The van der Waals surface area contributed by atoms with Gasteiger partial charge in [-0.05, 0) is 44.1 Å². The largest absolute Gasteiger partial charge is 0.496 e. The van der Waals surface area contributed by atoms with Gasteiger partial charge in [0.15, 0.2) is 0 Å². The van der Waals surface area contributed by atoms with Gasteiger partial charge in [0.25, 0.3) is 5.91 Å². The number of aromatic nitrogens is 1. The molecule has 1 aliphatic rings. The first kappa shape index (κ1) is 17.4. The summed E-state index contributed by atoms with van der Waals surface area (Å²) in [7, 11) is 1.70. The van der Waals surface area contributed by atoms with Crippen molar-refractivity contribution in [1.82, 2.24) is 15.2 Å². The molecule has 5 nitrogen and oxygen atoms in total. The summed E-state index contributed by atoms with van der Waals surface area (Å²) >= 11 is 0. The Morgan fingerprint density at radius 1 is 1.16 bits per heavy atom. The minimum Gasteiger partial charge on any atom is -0.496 e. The van der Waals surface area contributed by atoms with E-state index in [0.29, 0.717) is 12.1 Å². The molecule has 5 heteroatoms. The van der Waals surface area contributed by atoms with E-state index in [1.54, 1.807) is 31.6 Å². The SMILES string of the molecule is COc1ccccc1C(CNC(=O)c1ccncc1)N1CCCCC1. The zero-order valence-electron chi connectivity index (χ0n) is 14.6. The van der Waals surface area contributed by atoms with Gasteiger partial charge in [0, 0.05) is 30.1 Å². The fraction of sp³-hybridized carbons (Fsp3) is 0.400. The van der Waals surface area contributed by atoms with Gasteiger partial charge in [0.1, 0.15) is 5.75 Å². The van der Waals surface area contributed by atoms with Crippen LogP contribution >= 0.6 is 0 Å². The van der Waals surface area contributed by atoms with E-state index in [2.05, 4.69) is 21.3 Å². The molecular formula is C20H25N3O2. The third-order valence-electron chi connectivity index (χ3n) is 4.73. The second-order valence-corrected chi connectivity index (χ2v) is 6.30. The number of carbonyl (C=O) groups is 1. The van der Waals surface area contributed by atoms with Gasteiger partial charge in [-0.1, -0.05) is 24.6 Å². The average Bonchev–Trinajstić information content (AvgIpc) is 2.70. The van der Waals surface area contributed by atoms with Crippen molar-refractivity contribution in [3.05, 3.63) is 59.9 Å². The molecule has 0 spiro atoms. The van der Waals surface area contributed by atoms with E-state index in [1.807, 2.05) is 18.2 Å². The molecule has 1 aromatic heterocycles. The predicted molar refractivity (Wildman–Crippen MR) is 97.7 cm³/mol. The van der Waals surface area contributed by atoms with Crippen LogP contribution in [0.25, 0.3) is 0 Å². The molecule has 0 radical (unpaired) electrons. The van der Waals surface area contributed by atoms with Crippen LogP contribution in [0.4, 0.5) is 0 Å². The molecule has 0 bridgehead atoms. The molecule has 1 saturated heterocycles. The van der Waals surface area contributed by atoms with Gasteiger partial charge < -0.3 is 10.1 Å². The maximum atomic E-state index is 12.4. The van der Waals surface area contributed by atoms with Crippen LogP contribution in [-0.2, 0) is 0 Å². The normalized spacial score (nSPS) is 16.2. The highest BCUT2D eigenvalue weighted by atomic mass is 16.5. The van der Waals surface area contributed by atoms with Crippen LogP contribution in [0.1, 0.15) is 41.2 Å². The Bertz CT molecular complexity index is 684. The van der Waals surface area contributed by atoms with E-state index in [9.17, 15) is 4.79 Å². The van der Waals surface area contributed by atoms with E-state index >= 15 is 0 Å². The summed E-state index contributed by atoms with van der Waals surface area (Å²) in [6.07, 6.45) is 6.95. The van der Waals surface area contributed by atoms with Gasteiger partial charge in [-0.2, -0.15) is 0 Å². The van der Waals surface area contributed by atoms with Crippen LogP contribution in [0.5, 0.6) is 5.75 Å². The third kappa shape index (κ3) is 4.37. The number of methoxy groups -OCH3 is 1. The van der Waals surface area contributed by atoms with Crippen LogP contribution in [0.2, 0.25) is 0 Å². The molecule has 1 N–H and O–H groups in total. The minimum absolute atomic E-state index is 0.0701. The number of carbonyl (C=O) groups excluding carboxylic acids is 1. The first-order valence-corrected chi connectivity index (χ1v) is 8.85. The molecule has 1 atom stereocenters. The monoisotopic (exact) mass is 339 g/mol. The Morgan fingerprint density at radius 2 is 1.88 bits per heavy atom. The van der Waals surface area contributed by atoms with Crippen LogP contribution in [0, 0.1) is 0 Å². The maximum absolute atomic E-state index is 12.4. The quantitative estimate of drug-likeness (QED) is 0.879. The second kappa shape index (κ2) is 8.62. The average molecular weight is 339 g/mol. The first-order valence-electron chi connectivity index (χ1n) is 8.85. The number of nitrogens with zero attached hydrogens (tertiary/aromatic N) is 2. The first-order chi connectivity index (χ1) is 12.3. The Balaban J connectivity index is 1.78. The summed E-state index contributed by atoms with van der Waals surface area (Å²) < 4.78 is 5.56. The summed E-state index contributed by atoms with van der Waals surface area (Å²) in [5.74, 6) is 0.801. The highest BCUT2D eigenvalue weighted by Gasteiger charge is 2.25. The summed E-state index contributed by atoms with van der Waals surface area (Å²) in [5.41, 5.74) is 1.76. The van der Waals surface area contributed by atoms with Crippen molar-refractivity contribution >= 4 is 5.91 Å². The number of hydrogen-bond acceptors (Lipinski definition) is 4. The van der Waals surface area contributed by atoms with Gasteiger partial charge in [0.2, 0.25) is 0 Å². The number of ether oxygens (including phenoxy) is 1. The molecule has 1 aromatic carbocycles. The molecule has 1 amide bonds. The van der Waals surface area contributed by atoms with Crippen LogP contribution in [0.3, 0.4) is 0 Å². The Kier molecular flexibility index (Phi) is 6.01. The number of amides is 1. The van der Waals surface area contributed by atoms with Crippen LogP contribution < -0.4 is 10.1 Å². The van der Waals surface area contributed by atoms with Crippen molar-refractivity contribution in [2.75, 3.05) is 26.7 Å². The molecule has 132 valence electrons. The molecule has 0 aliphatic carbocycles. The Labute approximate surface area is 149 Å². The molecule has 1 aliphatic heterocycles. The van der Waals surface area contributed by atoms with E-state index in [1.165, 1.54) is 19.3 Å². The molecule has 25 heavy (non-hydrogen) atoms. The molecule has 1 unspecified atom stereocenters. The second-order valence-electron chi connectivity index (χ2n) is 6.30. The lowest BCUT2D eigenvalue weighted by molar-refractivity contribution is 0.0923. The van der Waals surface area contributed by atoms with Gasteiger partial charge in [-0.15, -0.1) is 0 Å². The van der Waals surface area contributed by atoms with Crippen molar-refractivity contribution in [3.8, 4) is 5.75 Å². The molecule has 0 saturated carbocycles. The van der Waals surface area contributed by atoms with Crippen LogP contribution in [-0.4, -0.2) is 42.5 Å². The molecule has 1 fully saturated rings. The van der Waals surface area contributed by atoms with E-state index in [-0.39, 0.29) is 11.9 Å². The Hall–Kier alpha value is -2.40. The number of hydrogen-bond donors (Lipinski definition) is 1. The number of likely N-dealkylation sites (tertiary alicyclic amines) is 1.